The molecule has 8 heteroatoms. The lowest BCUT2D eigenvalue weighted by Crippen LogP contribution is -2.16. The summed E-state index contributed by atoms with van der Waals surface area (Å²) in [5, 5.41) is 9.23. The second-order valence-corrected chi connectivity index (χ2v) is 6.80. The number of aromatic nitrogens is 2. The second kappa shape index (κ2) is 7.60. The first-order chi connectivity index (χ1) is 12.9. The number of nitriles is 1. The molecule has 1 atom stereocenters. The molecule has 1 aromatic carbocycles. The molecule has 2 heterocycles. The van der Waals surface area contributed by atoms with E-state index in [9.17, 15) is 9.59 Å². The highest BCUT2D eigenvalue weighted by Crippen LogP contribution is 2.29. The summed E-state index contributed by atoms with van der Waals surface area (Å²) in [4.78, 5) is 32.6. The summed E-state index contributed by atoms with van der Waals surface area (Å²) in [5.74, 6) is 0.452. The fourth-order valence-corrected chi connectivity index (χ4v) is 3.70. The third-order valence-electron chi connectivity index (χ3n) is 3.96. The zero-order chi connectivity index (χ0) is 19.6. The van der Waals surface area contributed by atoms with Gasteiger partial charge in [-0.3, -0.25) is 4.79 Å². The molecule has 0 aliphatic carbocycles. The molecule has 3 rings (SSSR count). The van der Waals surface area contributed by atoms with Gasteiger partial charge in [-0.2, -0.15) is 5.26 Å². The van der Waals surface area contributed by atoms with Crippen molar-refractivity contribution in [3.63, 3.8) is 0 Å². The maximum Gasteiger partial charge on any atom is 0.348 e. The van der Waals surface area contributed by atoms with E-state index < -0.39 is 12.1 Å². The first-order valence-electron chi connectivity index (χ1n) is 8.31. The largest absolute Gasteiger partial charge is 0.483 e. The van der Waals surface area contributed by atoms with E-state index in [0.717, 1.165) is 11.3 Å². The molecule has 0 amide bonds. The number of H-pyrrole nitrogens is 1. The maximum atomic E-state index is 12.5. The van der Waals surface area contributed by atoms with Gasteiger partial charge in [0, 0.05) is 0 Å². The van der Waals surface area contributed by atoms with Gasteiger partial charge in [0.15, 0.2) is 11.9 Å². The summed E-state index contributed by atoms with van der Waals surface area (Å²) in [6.45, 7) is 5.45. The van der Waals surface area contributed by atoms with Crippen molar-refractivity contribution in [2.45, 2.75) is 26.9 Å². The average Bonchev–Trinajstić information content (AvgIpc) is 2.99. The van der Waals surface area contributed by atoms with Crippen LogP contribution in [0.25, 0.3) is 10.2 Å². The Kier molecular flexibility index (Phi) is 5.23. The molecule has 27 heavy (non-hydrogen) atoms. The van der Waals surface area contributed by atoms with Crippen molar-refractivity contribution >= 4 is 27.5 Å². The molecule has 0 aliphatic rings. The lowest BCUT2D eigenvalue weighted by atomic mass is 10.2. The van der Waals surface area contributed by atoms with Crippen molar-refractivity contribution in [1.29, 1.82) is 5.26 Å². The van der Waals surface area contributed by atoms with Gasteiger partial charge in [0.25, 0.3) is 5.56 Å². The highest BCUT2D eigenvalue weighted by Gasteiger charge is 2.21. The number of carbonyl (C=O) groups excluding carboxylic acids is 1. The molecule has 7 nitrogen and oxygen atoms in total. The summed E-state index contributed by atoms with van der Waals surface area (Å²) in [6, 6.07) is 8.70. The molecule has 0 saturated heterocycles. The predicted octanol–water partition coefficient (Wildman–Crippen LogP) is 3.48. The van der Waals surface area contributed by atoms with Crippen LogP contribution in [0.15, 0.2) is 29.1 Å². The van der Waals surface area contributed by atoms with Crippen molar-refractivity contribution in [2.75, 3.05) is 6.61 Å². The molecule has 0 bridgehead atoms. The summed E-state index contributed by atoms with van der Waals surface area (Å²) in [7, 11) is 0. The van der Waals surface area contributed by atoms with E-state index in [1.54, 1.807) is 45.0 Å². The van der Waals surface area contributed by atoms with Crippen molar-refractivity contribution in [1.82, 2.24) is 9.97 Å². The molecule has 0 fully saturated rings. The van der Waals surface area contributed by atoms with Crippen LogP contribution in [-0.4, -0.2) is 22.5 Å². The lowest BCUT2D eigenvalue weighted by Gasteiger charge is -2.13. The Hall–Kier alpha value is -3.18. The van der Waals surface area contributed by atoms with E-state index in [0.29, 0.717) is 37.8 Å². The number of nitrogens with one attached hydrogen (secondary N) is 1. The Morgan fingerprint density at radius 1 is 1.37 bits per heavy atom. The predicted molar refractivity (Wildman–Crippen MR) is 101 cm³/mol. The number of nitrogens with zero attached hydrogens (tertiary/aromatic N) is 2. The monoisotopic (exact) mass is 383 g/mol. The van der Waals surface area contributed by atoms with E-state index in [1.165, 1.54) is 0 Å². The highest BCUT2D eigenvalue weighted by atomic mass is 32.1. The number of thiophene rings is 1. The smallest absolute Gasteiger partial charge is 0.348 e. The number of hydrogen-bond acceptors (Lipinski definition) is 7. The summed E-state index contributed by atoms with van der Waals surface area (Å²) in [5.41, 5.74) is 0.771. The number of hydrogen-bond donors (Lipinski definition) is 1. The van der Waals surface area contributed by atoms with Crippen LogP contribution in [0.4, 0.5) is 0 Å². The second-order valence-electron chi connectivity index (χ2n) is 5.80. The van der Waals surface area contributed by atoms with Gasteiger partial charge in [-0.25, -0.2) is 9.78 Å². The molecule has 1 N–H and O–H groups in total. The number of ether oxygens (including phenoxy) is 2. The van der Waals surface area contributed by atoms with Crippen LogP contribution in [0.5, 0.6) is 5.75 Å². The van der Waals surface area contributed by atoms with Crippen LogP contribution in [0.1, 0.15) is 46.6 Å². The van der Waals surface area contributed by atoms with Crippen LogP contribution in [0.3, 0.4) is 0 Å². The molecule has 0 radical (unpaired) electrons. The minimum atomic E-state index is -0.525. The van der Waals surface area contributed by atoms with Crippen molar-refractivity contribution in [3.05, 3.63) is 56.4 Å². The molecule has 0 aliphatic heterocycles. The Bertz CT molecular complexity index is 1090. The van der Waals surface area contributed by atoms with E-state index in [4.69, 9.17) is 14.7 Å². The Morgan fingerprint density at radius 2 is 2.07 bits per heavy atom. The number of carbonyl (C=O) groups is 1. The standard InChI is InChI=1S/C19H17N3O4S/c1-4-25-19(24)15-10(2)14-17(23)21-16(22-18(14)27-15)11(3)26-13-7-5-12(9-20)6-8-13/h5-8,11H,4H2,1-3H3,(H,21,22,23)/t11-/m1/s1. The van der Waals surface area contributed by atoms with E-state index in [-0.39, 0.29) is 12.2 Å². The van der Waals surface area contributed by atoms with Gasteiger partial charge in [-0.1, -0.05) is 0 Å². The minimum Gasteiger partial charge on any atom is -0.483 e. The van der Waals surface area contributed by atoms with Crippen LogP contribution in [0.2, 0.25) is 0 Å². The van der Waals surface area contributed by atoms with Crippen LogP contribution in [0, 0.1) is 18.3 Å². The van der Waals surface area contributed by atoms with Crippen LogP contribution < -0.4 is 10.3 Å². The number of rotatable bonds is 5. The first kappa shape index (κ1) is 18.6. The quantitative estimate of drug-likeness (QED) is 0.676. The number of aryl methyl sites for hydroxylation is 1. The fraction of sp³-hybridized carbons (Fsp3) is 0.263. The molecule has 0 saturated carbocycles. The van der Waals surface area contributed by atoms with Gasteiger partial charge in [-0.05, 0) is 50.6 Å². The first-order valence-corrected chi connectivity index (χ1v) is 9.13. The Balaban J connectivity index is 1.94. The maximum absolute atomic E-state index is 12.5. The number of esters is 1. The van der Waals surface area contributed by atoms with Crippen LogP contribution in [-0.2, 0) is 4.74 Å². The van der Waals surface area contributed by atoms with E-state index >= 15 is 0 Å². The highest BCUT2D eigenvalue weighted by molar-refractivity contribution is 7.20. The van der Waals surface area contributed by atoms with Crippen molar-refractivity contribution < 1.29 is 14.3 Å². The molecular weight excluding hydrogens is 366 g/mol. The third kappa shape index (κ3) is 3.68. The Labute approximate surface area is 159 Å². The topological polar surface area (TPSA) is 105 Å². The molecule has 0 unspecified atom stereocenters. The van der Waals surface area contributed by atoms with Crippen molar-refractivity contribution in [2.24, 2.45) is 0 Å². The third-order valence-corrected chi connectivity index (χ3v) is 5.13. The minimum absolute atomic E-state index is 0.261. The average molecular weight is 383 g/mol. The summed E-state index contributed by atoms with van der Waals surface area (Å²) >= 11 is 1.13. The molecule has 3 aromatic rings. The summed E-state index contributed by atoms with van der Waals surface area (Å²) in [6.07, 6.45) is -0.525. The SMILES string of the molecule is CCOC(=O)c1sc2nc([C@@H](C)Oc3ccc(C#N)cc3)[nH]c(=O)c2c1C. The zero-order valence-electron chi connectivity index (χ0n) is 15.0. The van der Waals surface area contributed by atoms with Gasteiger partial charge >= 0.3 is 5.97 Å². The molecule has 138 valence electrons. The van der Waals surface area contributed by atoms with Gasteiger partial charge < -0.3 is 14.5 Å². The molecular formula is C19H17N3O4S. The van der Waals surface area contributed by atoms with Gasteiger partial charge in [0.05, 0.1) is 23.6 Å². The van der Waals surface area contributed by atoms with E-state index in [1.807, 2.05) is 6.07 Å². The number of benzene rings is 1. The normalized spacial score (nSPS) is 11.8. The van der Waals surface area contributed by atoms with Gasteiger partial charge in [-0.15, -0.1) is 11.3 Å². The lowest BCUT2D eigenvalue weighted by molar-refractivity contribution is 0.0531. The van der Waals surface area contributed by atoms with E-state index in [2.05, 4.69) is 9.97 Å². The Morgan fingerprint density at radius 3 is 2.70 bits per heavy atom. The van der Waals surface area contributed by atoms with Gasteiger partial charge in [0.1, 0.15) is 15.5 Å². The number of aromatic amines is 1. The zero-order valence-corrected chi connectivity index (χ0v) is 15.8. The fourth-order valence-electron chi connectivity index (χ4n) is 2.61. The van der Waals surface area contributed by atoms with Crippen LogP contribution >= 0.6 is 11.3 Å². The molecule has 2 aromatic heterocycles. The molecule has 0 spiro atoms. The van der Waals surface area contributed by atoms with Crippen molar-refractivity contribution in [3.8, 4) is 11.8 Å². The summed E-state index contributed by atoms with van der Waals surface area (Å²) < 4.78 is 10.8. The van der Waals surface area contributed by atoms with Gasteiger partial charge in [0.2, 0.25) is 0 Å². The number of fused-ring (bicyclic) bond motifs is 1.